The van der Waals surface area contributed by atoms with Crippen molar-refractivity contribution in [2.45, 2.75) is 20.5 Å². The number of aryl methyl sites for hydroxylation is 1. The Labute approximate surface area is 200 Å². The van der Waals surface area contributed by atoms with Crippen molar-refractivity contribution in [3.8, 4) is 11.5 Å². The Kier molecular flexibility index (Phi) is 7.32. The summed E-state index contributed by atoms with van der Waals surface area (Å²) in [5.41, 5.74) is 2.94. The van der Waals surface area contributed by atoms with Gasteiger partial charge in [0, 0.05) is 14.1 Å². The highest BCUT2D eigenvalue weighted by atomic mass is 127. The van der Waals surface area contributed by atoms with E-state index in [2.05, 4.69) is 28.7 Å². The molecule has 0 N–H and O–H groups in total. The van der Waals surface area contributed by atoms with Crippen LogP contribution in [0.1, 0.15) is 23.6 Å². The number of rotatable bonds is 6. The molecule has 162 valence electrons. The van der Waals surface area contributed by atoms with Gasteiger partial charge in [-0.15, -0.1) is 0 Å². The van der Waals surface area contributed by atoms with Crippen molar-refractivity contribution < 1.29 is 19.1 Å². The van der Waals surface area contributed by atoms with Gasteiger partial charge in [-0.05, 0) is 78.0 Å². The summed E-state index contributed by atoms with van der Waals surface area (Å²) < 4.78 is 12.7. The Bertz CT molecular complexity index is 1060. The Balaban J connectivity index is 1.94. The number of thiocarbonyl (C=S) groups is 1. The molecule has 0 aromatic heterocycles. The molecule has 0 radical (unpaired) electrons. The molecular weight excluding hydrogens is 527 g/mol. The van der Waals surface area contributed by atoms with E-state index in [9.17, 15) is 9.59 Å². The molecule has 1 aliphatic heterocycles. The number of carbonyl (C=O) groups is 2. The van der Waals surface area contributed by atoms with Gasteiger partial charge in [-0.1, -0.05) is 29.8 Å². The van der Waals surface area contributed by atoms with E-state index in [-0.39, 0.29) is 10.7 Å². The first kappa shape index (κ1) is 23.2. The van der Waals surface area contributed by atoms with Gasteiger partial charge in [0.2, 0.25) is 0 Å². The largest absolute Gasteiger partial charge is 0.490 e. The summed E-state index contributed by atoms with van der Waals surface area (Å²) in [4.78, 5) is 27.8. The van der Waals surface area contributed by atoms with Crippen molar-refractivity contribution in [3.05, 3.63) is 62.2 Å². The van der Waals surface area contributed by atoms with Crippen LogP contribution in [0.15, 0.2) is 42.0 Å². The molecule has 3 rings (SSSR count). The van der Waals surface area contributed by atoms with Gasteiger partial charge in [0.25, 0.3) is 11.8 Å². The second-order valence-electron chi connectivity index (χ2n) is 7.11. The first-order valence-electron chi connectivity index (χ1n) is 9.69. The number of likely N-dealkylation sites (N-methyl/N-ethyl adjacent to an activating group) is 2. The normalized spacial score (nSPS) is 14.2. The quantitative estimate of drug-likeness (QED) is 0.234. The molecule has 0 atom stereocenters. The average molecular weight is 550 g/mol. The number of nitrogens with zero attached hydrogens (tertiary/aromatic N) is 2. The lowest BCUT2D eigenvalue weighted by atomic mass is 10.1. The van der Waals surface area contributed by atoms with Crippen LogP contribution in [0, 0.1) is 10.5 Å². The Morgan fingerprint density at radius 3 is 2.35 bits per heavy atom. The van der Waals surface area contributed by atoms with E-state index in [1.807, 2.05) is 38.1 Å². The molecule has 0 aliphatic carbocycles. The van der Waals surface area contributed by atoms with Crippen LogP contribution in [0.25, 0.3) is 6.08 Å². The number of carbonyl (C=O) groups excluding carboxylic acids is 2. The number of hydrogen-bond acceptors (Lipinski definition) is 5. The van der Waals surface area contributed by atoms with E-state index in [0.29, 0.717) is 30.3 Å². The van der Waals surface area contributed by atoms with E-state index in [1.54, 1.807) is 26.2 Å². The van der Waals surface area contributed by atoms with E-state index in [0.717, 1.165) is 9.13 Å². The van der Waals surface area contributed by atoms with Crippen LogP contribution in [0.4, 0.5) is 0 Å². The maximum Gasteiger partial charge on any atom is 0.265 e. The minimum Gasteiger partial charge on any atom is -0.490 e. The van der Waals surface area contributed by atoms with Crippen molar-refractivity contribution in [1.82, 2.24) is 9.80 Å². The second-order valence-corrected chi connectivity index (χ2v) is 8.64. The molecule has 1 aliphatic rings. The second kappa shape index (κ2) is 9.78. The van der Waals surface area contributed by atoms with Crippen molar-refractivity contribution in [2.24, 2.45) is 0 Å². The minimum atomic E-state index is -0.430. The molecule has 31 heavy (non-hydrogen) atoms. The Morgan fingerprint density at radius 1 is 1.06 bits per heavy atom. The number of amides is 2. The summed E-state index contributed by atoms with van der Waals surface area (Å²) in [6.07, 6.45) is 1.56. The zero-order valence-corrected chi connectivity index (χ0v) is 20.7. The fourth-order valence-electron chi connectivity index (χ4n) is 3.17. The maximum atomic E-state index is 12.6. The van der Waals surface area contributed by atoms with Crippen molar-refractivity contribution in [2.75, 3.05) is 20.7 Å². The van der Waals surface area contributed by atoms with Gasteiger partial charge in [0.15, 0.2) is 16.6 Å². The van der Waals surface area contributed by atoms with Crippen LogP contribution in [0.5, 0.6) is 11.5 Å². The van der Waals surface area contributed by atoms with Gasteiger partial charge in [-0.25, -0.2) is 0 Å². The van der Waals surface area contributed by atoms with Gasteiger partial charge >= 0.3 is 0 Å². The number of hydrogen-bond donors (Lipinski definition) is 0. The summed E-state index contributed by atoms with van der Waals surface area (Å²) in [5, 5.41) is 0.177. The molecule has 0 bridgehead atoms. The van der Waals surface area contributed by atoms with Crippen LogP contribution >= 0.6 is 34.8 Å². The topological polar surface area (TPSA) is 59.1 Å². The molecule has 0 saturated carbocycles. The molecule has 0 unspecified atom stereocenters. The van der Waals surface area contributed by atoms with Crippen LogP contribution < -0.4 is 9.47 Å². The fourth-order valence-corrected chi connectivity index (χ4v) is 4.12. The predicted molar refractivity (Wildman–Crippen MR) is 132 cm³/mol. The molecule has 6 nitrogen and oxygen atoms in total. The standard InChI is InChI=1S/C23H23IN2O4S/c1-5-29-19-12-16(10-17-21(27)25(3)23(31)26(4)22(17)28)11-18(24)20(19)30-13-15-8-6-7-14(2)9-15/h6-12H,5,13H2,1-4H3. The third-order valence-corrected chi connectivity index (χ3v) is 6.10. The van der Waals surface area contributed by atoms with Gasteiger partial charge in [-0.3, -0.25) is 19.4 Å². The van der Waals surface area contributed by atoms with Crippen LogP contribution in [0.2, 0.25) is 0 Å². The molecule has 1 saturated heterocycles. The summed E-state index contributed by atoms with van der Waals surface area (Å²) in [7, 11) is 3.11. The number of ether oxygens (including phenoxy) is 2. The lowest BCUT2D eigenvalue weighted by molar-refractivity contribution is -0.132. The van der Waals surface area contributed by atoms with E-state index >= 15 is 0 Å². The molecule has 8 heteroatoms. The van der Waals surface area contributed by atoms with Gasteiger partial charge < -0.3 is 9.47 Å². The van der Waals surface area contributed by atoms with E-state index < -0.39 is 11.8 Å². The highest BCUT2D eigenvalue weighted by Gasteiger charge is 2.35. The van der Waals surface area contributed by atoms with Crippen LogP contribution in [-0.2, 0) is 16.2 Å². The highest BCUT2D eigenvalue weighted by Crippen LogP contribution is 2.36. The third-order valence-electron chi connectivity index (χ3n) is 4.75. The molecule has 1 heterocycles. The molecule has 0 spiro atoms. The number of benzene rings is 2. The van der Waals surface area contributed by atoms with Crippen molar-refractivity contribution in [1.29, 1.82) is 0 Å². The zero-order chi connectivity index (χ0) is 22.7. The van der Waals surface area contributed by atoms with E-state index in [4.69, 9.17) is 21.7 Å². The molecular formula is C23H23IN2O4S. The van der Waals surface area contributed by atoms with Crippen molar-refractivity contribution >= 4 is 57.8 Å². The lowest BCUT2D eigenvalue weighted by Crippen LogP contribution is -2.52. The average Bonchev–Trinajstić information content (AvgIpc) is 2.73. The van der Waals surface area contributed by atoms with Gasteiger partial charge in [0.05, 0.1) is 10.2 Å². The smallest absolute Gasteiger partial charge is 0.265 e. The first-order chi connectivity index (χ1) is 14.7. The van der Waals surface area contributed by atoms with Crippen LogP contribution in [-0.4, -0.2) is 47.4 Å². The minimum absolute atomic E-state index is 0.0466. The Hall–Kier alpha value is -2.46. The monoisotopic (exact) mass is 550 g/mol. The van der Waals surface area contributed by atoms with Crippen LogP contribution in [0.3, 0.4) is 0 Å². The molecule has 2 amide bonds. The summed E-state index contributed by atoms with van der Waals surface area (Å²) >= 11 is 7.31. The summed E-state index contributed by atoms with van der Waals surface area (Å²) in [5.74, 6) is 0.325. The lowest BCUT2D eigenvalue weighted by Gasteiger charge is -2.31. The van der Waals surface area contributed by atoms with Gasteiger partial charge in [0.1, 0.15) is 12.2 Å². The highest BCUT2D eigenvalue weighted by molar-refractivity contribution is 14.1. The fraction of sp³-hybridized carbons (Fsp3) is 0.261. The maximum absolute atomic E-state index is 12.6. The SMILES string of the molecule is CCOc1cc(C=C2C(=O)N(C)C(=S)N(C)C2=O)cc(I)c1OCc1cccc(C)c1. The summed E-state index contributed by atoms with van der Waals surface area (Å²) in [6, 6.07) is 11.7. The number of halogens is 1. The summed E-state index contributed by atoms with van der Waals surface area (Å²) in [6.45, 7) is 4.79. The van der Waals surface area contributed by atoms with Gasteiger partial charge in [-0.2, -0.15) is 0 Å². The predicted octanol–water partition coefficient (Wildman–Crippen LogP) is 4.18. The van der Waals surface area contributed by atoms with E-state index in [1.165, 1.54) is 15.4 Å². The third kappa shape index (κ3) is 5.07. The Morgan fingerprint density at radius 2 is 1.74 bits per heavy atom. The molecule has 1 fully saturated rings. The molecule has 2 aromatic carbocycles. The molecule has 2 aromatic rings. The van der Waals surface area contributed by atoms with Crippen molar-refractivity contribution in [3.63, 3.8) is 0 Å². The first-order valence-corrected chi connectivity index (χ1v) is 11.2. The zero-order valence-electron chi connectivity index (χ0n) is 17.8.